The van der Waals surface area contributed by atoms with Gasteiger partial charge in [-0.05, 0) is 75.8 Å². The fourth-order valence-corrected chi connectivity index (χ4v) is 10.1. The highest BCUT2D eigenvalue weighted by molar-refractivity contribution is 7.26. The molecule has 0 saturated carbocycles. The van der Waals surface area contributed by atoms with E-state index < -0.39 is 0 Å². The molecule has 0 aliphatic carbocycles. The molecule has 0 bridgehead atoms. The Morgan fingerprint density at radius 3 is 1.60 bits per heavy atom. The Morgan fingerprint density at radius 1 is 0.339 bits per heavy atom. The molecule has 0 spiro atoms. The number of fused-ring (bicyclic) bond motifs is 6. The van der Waals surface area contributed by atoms with Crippen LogP contribution >= 0.6 is 11.3 Å². The minimum Gasteiger partial charge on any atom is -0.455 e. The van der Waals surface area contributed by atoms with Crippen LogP contribution < -0.4 is 0 Å². The van der Waals surface area contributed by atoms with E-state index in [9.17, 15) is 0 Å². The molecule has 62 heavy (non-hydrogen) atoms. The maximum absolute atomic E-state index is 6.79. The molecule has 0 atom stereocenters. The summed E-state index contributed by atoms with van der Waals surface area (Å²) >= 11 is 1.84. The number of thiophene rings is 1. The van der Waals surface area contributed by atoms with Crippen LogP contribution in [0.2, 0.25) is 0 Å². The molecule has 290 valence electrons. The monoisotopic (exact) mass is 808 g/mol. The van der Waals surface area contributed by atoms with Crippen LogP contribution in [0.1, 0.15) is 0 Å². The second-order valence-electron chi connectivity index (χ2n) is 15.7. The molecule has 12 rings (SSSR count). The van der Waals surface area contributed by atoms with E-state index in [1.807, 2.05) is 35.6 Å². The molecule has 0 saturated heterocycles. The Balaban J connectivity index is 0.994. The lowest BCUT2D eigenvalue weighted by Crippen LogP contribution is -1.96. The Bertz CT molecular complexity index is 3550. The lowest BCUT2D eigenvalue weighted by molar-refractivity contribution is 0.670. The number of nitrogens with zero attached hydrogens (tertiary/aromatic N) is 2. The minimum absolute atomic E-state index is 0.685. The van der Waals surface area contributed by atoms with Gasteiger partial charge < -0.3 is 4.42 Å². The Hall–Kier alpha value is -7.92. The van der Waals surface area contributed by atoms with Gasteiger partial charge in [0.2, 0.25) is 0 Å². The molecular weight excluding hydrogens is 773 g/mol. The minimum atomic E-state index is 0.685. The lowest BCUT2D eigenvalue weighted by Gasteiger charge is -2.13. The van der Waals surface area contributed by atoms with E-state index >= 15 is 0 Å². The predicted molar refractivity (Wildman–Crippen MR) is 260 cm³/mol. The van der Waals surface area contributed by atoms with Crippen molar-refractivity contribution in [2.45, 2.75) is 0 Å². The number of furan rings is 1. The van der Waals surface area contributed by atoms with E-state index in [0.29, 0.717) is 5.82 Å². The van der Waals surface area contributed by atoms with Crippen molar-refractivity contribution in [3.8, 4) is 78.4 Å². The molecule has 0 N–H and O–H groups in total. The van der Waals surface area contributed by atoms with Crippen LogP contribution in [0, 0.1) is 0 Å². The molecule has 4 heteroatoms. The van der Waals surface area contributed by atoms with E-state index in [-0.39, 0.29) is 0 Å². The van der Waals surface area contributed by atoms with E-state index in [1.54, 1.807) is 0 Å². The highest BCUT2D eigenvalue weighted by Gasteiger charge is 2.20. The highest BCUT2D eigenvalue weighted by atomic mass is 32.1. The highest BCUT2D eigenvalue weighted by Crippen LogP contribution is 2.46. The lowest BCUT2D eigenvalue weighted by atomic mass is 9.93. The zero-order chi connectivity index (χ0) is 41.0. The second-order valence-corrected chi connectivity index (χ2v) is 16.7. The summed E-state index contributed by atoms with van der Waals surface area (Å²) in [6, 6.07) is 77.3. The van der Waals surface area contributed by atoms with Gasteiger partial charge in [0, 0.05) is 58.8 Å². The molecule has 0 fully saturated rings. The number of hydrogen-bond donors (Lipinski definition) is 0. The van der Waals surface area contributed by atoms with Crippen molar-refractivity contribution in [1.82, 2.24) is 9.97 Å². The fourth-order valence-electron chi connectivity index (χ4n) is 8.89. The number of rotatable bonds is 7. The average molecular weight is 809 g/mol. The Kier molecular flexibility index (Phi) is 8.68. The van der Waals surface area contributed by atoms with Gasteiger partial charge in [-0.2, -0.15) is 0 Å². The molecule has 3 heterocycles. The fraction of sp³-hybridized carbons (Fsp3) is 0. The molecule has 0 radical (unpaired) electrons. The molecular formula is C58H36N2OS. The first-order valence-electron chi connectivity index (χ1n) is 20.9. The molecule has 12 aromatic rings. The van der Waals surface area contributed by atoms with Gasteiger partial charge in [0.15, 0.2) is 5.82 Å². The quantitative estimate of drug-likeness (QED) is 0.161. The standard InChI is InChI=1S/C58H36N2OS/c1-4-15-37(16-5-1)42-33-43(38-17-6-2-7-18-38)35-44(34-42)52-36-51(59-58(60-52)41-19-8-3-9-20-41)40-29-27-39(28-30-40)45-31-32-47(56-55(45)50-22-10-12-25-53(50)61-56)49-24-14-23-48-46-21-11-13-26-54(46)62-57(48)49/h1-36H. The van der Waals surface area contributed by atoms with Gasteiger partial charge in [-0.3, -0.25) is 0 Å². The average Bonchev–Trinajstić information content (AvgIpc) is 3.94. The first-order chi connectivity index (χ1) is 30.7. The number of para-hydroxylation sites is 1. The summed E-state index contributed by atoms with van der Waals surface area (Å²) < 4.78 is 9.35. The van der Waals surface area contributed by atoms with Gasteiger partial charge in [0.25, 0.3) is 0 Å². The van der Waals surface area contributed by atoms with E-state index in [4.69, 9.17) is 14.4 Å². The summed E-state index contributed by atoms with van der Waals surface area (Å²) in [6.07, 6.45) is 0. The molecule has 0 aliphatic heterocycles. The van der Waals surface area contributed by atoms with Gasteiger partial charge in [-0.1, -0.05) is 176 Å². The smallest absolute Gasteiger partial charge is 0.160 e. The zero-order valence-electron chi connectivity index (χ0n) is 33.5. The second kappa shape index (κ2) is 15.0. The summed E-state index contributed by atoms with van der Waals surface area (Å²) in [4.78, 5) is 10.4. The maximum atomic E-state index is 6.79. The molecule has 9 aromatic carbocycles. The number of benzene rings is 9. The summed E-state index contributed by atoms with van der Waals surface area (Å²) in [7, 11) is 0. The number of aromatic nitrogens is 2. The molecule has 0 unspecified atom stereocenters. The van der Waals surface area contributed by atoms with Gasteiger partial charge >= 0.3 is 0 Å². The van der Waals surface area contributed by atoms with Crippen molar-refractivity contribution in [2.24, 2.45) is 0 Å². The van der Waals surface area contributed by atoms with Crippen molar-refractivity contribution in [3.63, 3.8) is 0 Å². The number of hydrogen-bond acceptors (Lipinski definition) is 4. The Morgan fingerprint density at radius 2 is 0.887 bits per heavy atom. The van der Waals surface area contributed by atoms with E-state index in [0.717, 1.165) is 89.0 Å². The summed E-state index contributed by atoms with van der Waals surface area (Å²) in [5.41, 5.74) is 15.6. The van der Waals surface area contributed by atoms with Crippen LogP contribution in [0.3, 0.4) is 0 Å². The van der Waals surface area contributed by atoms with Crippen LogP contribution in [0.5, 0.6) is 0 Å². The maximum Gasteiger partial charge on any atom is 0.160 e. The van der Waals surface area contributed by atoms with Gasteiger partial charge in [-0.15, -0.1) is 11.3 Å². The Labute approximate surface area is 362 Å². The van der Waals surface area contributed by atoms with Gasteiger partial charge in [-0.25, -0.2) is 9.97 Å². The van der Waals surface area contributed by atoms with E-state index in [1.165, 1.54) is 25.7 Å². The third kappa shape index (κ3) is 6.28. The zero-order valence-corrected chi connectivity index (χ0v) is 34.3. The van der Waals surface area contributed by atoms with Crippen LogP contribution in [0.15, 0.2) is 223 Å². The first-order valence-corrected chi connectivity index (χ1v) is 21.7. The largest absolute Gasteiger partial charge is 0.455 e. The van der Waals surface area contributed by atoms with Crippen LogP contribution in [-0.2, 0) is 0 Å². The van der Waals surface area contributed by atoms with E-state index in [2.05, 4.69) is 194 Å². The molecule has 3 nitrogen and oxygen atoms in total. The molecule has 3 aromatic heterocycles. The molecule has 0 amide bonds. The normalized spacial score (nSPS) is 11.5. The van der Waals surface area contributed by atoms with Crippen molar-refractivity contribution < 1.29 is 4.42 Å². The van der Waals surface area contributed by atoms with Crippen LogP contribution in [0.4, 0.5) is 0 Å². The summed E-state index contributed by atoms with van der Waals surface area (Å²) in [6.45, 7) is 0. The SMILES string of the molecule is c1ccc(-c2cc(-c3ccccc3)cc(-c3cc(-c4ccc(-c5ccc(-c6cccc7c6sc6ccccc67)c6oc7ccccc7c56)cc4)nc(-c4ccccc4)n3)c2)cc1. The first kappa shape index (κ1) is 36.0. The van der Waals surface area contributed by atoms with Crippen molar-refractivity contribution >= 4 is 53.4 Å². The van der Waals surface area contributed by atoms with Crippen LogP contribution in [-0.4, -0.2) is 9.97 Å². The van der Waals surface area contributed by atoms with Crippen molar-refractivity contribution in [1.29, 1.82) is 0 Å². The predicted octanol–water partition coefficient (Wildman–Crippen LogP) is 16.4. The molecule has 0 aliphatic rings. The summed E-state index contributed by atoms with van der Waals surface area (Å²) in [5.74, 6) is 0.685. The summed E-state index contributed by atoms with van der Waals surface area (Å²) in [5, 5.41) is 4.78. The van der Waals surface area contributed by atoms with Crippen molar-refractivity contribution in [3.05, 3.63) is 218 Å². The third-order valence-corrected chi connectivity index (χ3v) is 13.1. The van der Waals surface area contributed by atoms with Crippen LogP contribution in [0.25, 0.3) is 121 Å². The van der Waals surface area contributed by atoms with Gasteiger partial charge in [0.1, 0.15) is 11.2 Å². The topological polar surface area (TPSA) is 38.9 Å². The third-order valence-electron chi connectivity index (χ3n) is 11.9. The van der Waals surface area contributed by atoms with Gasteiger partial charge in [0.05, 0.1) is 11.4 Å². The van der Waals surface area contributed by atoms with Crippen molar-refractivity contribution in [2.75, 3.05) is 0 Å².